The Morgan fingerprint density at radius 1 is 1.17 bits per heavy atom. The number of carbonyl (C=O) groups excluding carboxylic acids is 1. The number of rotatable bonds is 7. The molecule has 1 N–H and O–H groups in total. The van der Waals surface area contributed by atoms with Gasteiger partial charge < -0.3 is 9.72 Å². The zero-order chi connectivity index (χ0) is 25.4. The van der Waals surface area contributed by atoms with Crippen LogP contribution in [-0.4, -0.2) is 39.9 Å². The van der Waals surface area contributed by atoms with Crippen molar-refractivity contribution in [1.29, 1.82) is 0 Å². The van der Waals surface area contributed by atoms with E-state index < -0.39 is 23.3 Å². The normalized spacial score (nSPS) is 16.2. The fraction of sp³-hybridized carbons (Fsp3) is 0.286. The predicted octanol–water partition coefficient (Wildman–Crippen LogP) is 5.93. The number of fused-ring (bicyclic) bond motifs is 3. The highest BCUT2D eigenvalue weighted by Crippen LogP contribution is 2.41. The topological polar surface area (TPSA) is 58.2 Å². The molecule has 0 fully saturated rings. The first-order valence-corrected chi connectivity index (χ1v) is 11.8. The van der Waals surface area contributed by atoms with Crippen molar-refractivity contribution in [2.24, 2.45) is 0 Å². The summed E-state index contributed by atoms with van der Waals surface area (Å²) in [5.41, 5.74) is 1.78. The maximum Gasteiger partial charge on any atom is 0.151 e. The van der Waals surface area contributed by atoms with Gasteiger partial charge >= 0.3 is 0 Å². The van der Waals surface area contributed by atoms with E-state index in [9.17, 15) is 9.18 Å². The molecule has 1 aliphatic heterocycles. The Labute approximate surface area is 206 Å². The average Bonchev–Trinajstić information content (AvgIpc) is 3.21. The first kappa shape index (κ1) is 24.1. The van der Waals surface area contributed by atoms with E-state index in [2.05, 4.69) is 9.97 Å². The highest BCUT2D eigenvalue weighted by Gasteiger charge is 2.37. The molecule has 3 heterocycles. The van der Waals surface area contributed by atoms with Crippen LogP contribution in [0.25, 0.3) is 10.9 Å². The summed E-state index contributed by atoms with van der Waals surface area (Å²) in [5.74, 6) is -1.53. The van der Waals surface area contributed by atoms with E-state index in [4.69, 9.17) is 4.74 Å². The van der Waals surface area contributed by atoms with Crippen molar-refractivity contribution < 1.29 is 22.7 Å². The Balaban J connectivity index is 1.51. The van der Waals surface area contributed by atoms with Crippen LogP contribution in [0.1, 0.15) is 52.8 Å². The molecule has 1 atom stereocenters. The second kappa shape index (κ2) is 9.43. The highest BCUT2D eigenvalue weighted by molar-refractivity contribution is 5.85. The number of aromatic amines is 1. The van der Waals surface area contributed by atoms with Gasteiger partial charge in [-0.15, -0.1) is 0 Å². The van der Waals surface area contributed by atoms with Crippen molar-refractivity contribution in [3.63, 3.8) is 0 Å². The number of alkyl halides is 1. The number of ether oxygens (including phenoxy) is 1. The zero-order valence-corrected chi connectivity index (χ0v) is 20.0. The average molecular weight is 494 g/mol. The molecule has 0 bridgehead atoms. The van der Waals surface area contributed by atoms with E-state index in [1.165, 1.54) is 20.0 Å². The molecule has 186 valence electrons. The molecule has 0 radical (unpaired) electrons. The van der Waals surface area contributed by atoms with E-state index in [0.29, 0.717) is 36.2 Å². The largest absolute Gasteiger partial charge is 0.487 e. The molecule has 0 saturated heterocycles. The van der Waals surface area contributed by atoms with E-state index in [-0.39, 0.29) is 24.5 Å². The minimum Gasteiger partial charge on any atom is -0.487 e. The van der Waals surface area contributed by atoms with E-state index >= 15 is 8.78 Å². The molecule has 5 rings (SSSR count). The smallest absolute Gasteiger partial charge is 0.151 e. The number of nitrogens with one attached hydrogen (secondary N) is 1. The van der Waals surface area contributed by atoms with Crippen LogP contribution >= 0.6 is 0 Å². The van der Waals surface area contributed by atoms with Gasteiger partial charge in [-0.05, 0) is 44.0 Å². The van der Waals surface area contributed by atoms with Crippen LogP contribution in [0.3, 0.4) is 0 Å². The summed E-state index contributed by atoms with van der Waals surface area (Å²) in [4.78, 5) is 20.0. The standard InChI is InChI=1S/C28H26F3N3O2/c1-28(2,31)16-34-10-9-21-20-5-3-4-6-24(20)33-26(21)27(34)25-22(29)11-19(12-23(25)30)36-15-18-8-7-17(14-35)13-32-18/h3-8,11-14,27,33H,9-10,15-16H2,1-2H3. The number of nitrogens with zero attached hydrogens (tertiary/aromatic N) is 2. The Morgan fingerprint density at radius 2 is 1.92 bits per heavy atom. The van der Waals surface area contributed by atoms with Crippen molar-refractivity contribution in [1.82, 2.24) is 14.9 Å². The van der Waals surface area contributed by atoms with Gasteiger partial charge in [0.25, 0.3) is 0 Å². The molecule has 2 aromatic carbocycles. The number of benzene rings is 2. The fourth-order valence-electron chi connectivity index (χ4n) is 4.92. The number of H-pyrrole nitrogens is 1. The molecule has 0 amide bonds. The van der Waals surface area contributed by atoms with Crippen LogP contribution in [0.5, 0.6) is 5.75 Å². The van der Waals surface area contributed by atoms with Crippen LogP contribution in [0.4, 0.5) is 13.2 Å². The summed E-state index contributed by atoms with van der Waals surface area (Å²) < 4.78 is 51.4. The molecule has 5 nitrogen and oxygen atoms in total. The molecule has 2 aromatic heterocycles. The Hall–Kier alpha value is -3.65. The van der Waals surface area contributed by atoms with E-state index in [1.54, 1.807) is 17.0 Å². The number of hydrogen-bond donors (Lipinski definition) is 1. The third kappa shape index (κ3) is 4.73. The molecule has 8 heteroatoms. The predicted molar refractivity (Wildman–Crippen MR) is 131 cm³/mol. The number of hydrogen-bond acceptors (Lipinski definition) is 4. The summed E-state index contributed by atoms with van der Waals surface area (Å²) in [6.07, 6.45) is 2.72. The van der Waals surface area contributed by atoms with Gasteiger partial charge in [-0.3, -0.25) is 14.7 Å². The Bertz CT molecular complexity index is 1390. The van der Waals surface area contributed by atoms with E-state index in [0.717, 1.165) is 28.6 Å². The number of carbonyl (C=O) groups is 1. The van der Waals surface area contributed by atoms with Crippen LogP contribution in [0, 0.1) is 11.6 Å². The summed E-state index contributed by atoms with van der Waals surface area (Å²) in [5, 5.41) is 1.01. The SMILES string of the molecule is CC(C)(F)CN1CCc2c([nH]c3ccccc23)C1c1c(F)cc(OCc2ccc(C=O)cn2)cc1F. The van der Waals surface area contributed by atoms with Crippen LogP contribution in [0.15, 0.2) is 54.7 Å². The first-order chi connectivity index (χ1) is 17.2. The molecule has 0 saturated carbocycles. The summed E-state index contributed by atoms with van der Waals surface area (Å²) in [7, 11) is 0. The van der Waals surface area contributed by atoms with Crippen molar-refractivity contribution in [2.45, 2.75) is 38.6 Å². The van der Waals surface area contributed by atoms with Gasteiger partial charge in [0, 0.05) is 59.1 Å². The fourth-order valence-corrected chi connectivity index (χ4v) is 4.92. The van der Waals surface area contributed by atoms with Crippen molar-refractivity contribution in [2.75, 3.05) is 13.1 Å². The second-order valence-corrected chi connectivity index (χ2v) is 9.69. The maximum atomic E-state index is 15.6. The molecule has 1 unspecified atom stereocenters. The number of aromatic nitrogens is 2. The minimum atomic E-state index is -1.55. The molecule has 0 spiro atoms. The van der Waals surface area contributed by atoms with E-state index in [1.807, 2.05) is 24.3 Å². The minimum absolute atomic E-state index is 0.0139. The molecule has 0 aliphatic carbocycles. The Morgan fingerprint density at radius 3 is 2.58 bits per heavy atom. The zero-order valence-electron chi connectivity index (χ0n) is 20.0. The molecular formula is C28H26F3N3O2. The van der Waals surface area contributed by atoms with Crippen LogP contribution < -0.4 is 4.74 Å². The van der Waals surface area contributed by atoms with Gasteiger partial charge in [-0.2, -0.15) is 0 Å². The van der Waals surface area contributed by atoms with Gasteiger partial charge in [0.2, 0.25) is 0 Å². The maximum absolute atomic E-state index is 15.6. The summed E-state index contributed by atoms with van der Waals surface area (Å²) in [6, 6.07) is 12.4. The third-order valence-electron chi connectivity index (χ3n) is 6.41. The first-order valence-electron chi connectivity index (χ1n) is 11.8. The van der Waals surface area contributed by atoms with Crippen molar-refractivity contribution in [3.05, 3.63) is 94.4 Å². The number of aldehydes is 1. The summed E-state index contributed by atoms with van der Waals surface area (Å²) in [6.45, 7) is 3.39. The van der Waals surface area contributed by atoms with Gasteiger partial charge in [-0.25, -0.2) is 13.2 Å². The lowest BCUT2D eigenvalue weighted by Crippen LogP contribution is -2.43. The lowest BCUT2D eigenvalue weighted by molar-refractivity contribution is 0.0962. The van der Waals surface area contributed by atoms with Gasteiger partial charge in [0.15, 0.2) is 6.29 Å². The van der Waals surface area contributed by atoms with Crippen LogP contribution in [0.2, 0.25) is 0 Å². The van der Waals surface area contributed by atoms with Gasteiger partial charge in [-0.1, -0.05) is 18.2 Å². The van der Waals surface area contributed by atoms with Crippen molar-refractivity contribution in [3.8, 4) is 5.75 Å². The van der Waals surface area contributed by atoms with Crippen LogP contribution in [-0.2, 0) is 13.0 Å². The lowest BCUT2D eigenvalue weighted by atomic mass is 9.90. The molecule has 4 aromatic rings. The lowest BCUT2D eigenvalue weighted by Gasteiger charge is -2.38. The third-order valence-corrected chi connectivity index (χ3v) is 6.41. The molecular weight excluding hydrogens is 467 g/mol. The Kier molecular flexibility index (Phi) is 6.30. The number of halogens is 3. The van der Waals surface area contributed by atoms with Gasteiger partial charge in [0.1, 0.15) is 29.7 Å². The molecule has 36 heavy (non-hydrogen) atoms. The highest BCUT2D eigenvalue weighted by atomic mass is 19.1. The second-order valence-electron chi connectivity index (χ2n) is 9.69. The quantitative estimate of drug-likeness (QED) is 0.324. The number of pyridine rings is 1. The number of para-hydroxylation sites is 1. The van der Waals surface area contributed by atoms with Crippen molar-refractivity contribution >= 4 is 17.2 Å². The summed E-state index contributed by atoms with van der Waals surface area (Å²) >= 11 is 0. The van der Waals surface area contributed by atoms with Gasteiger partial charge in [0.05, 0.1) is 11.7 Å². The monoisotopic (exact) mass is 493 g/mol. The molecule has 1 aliphatic rings.